The van der Waals surface area contributed by atoms with Gasteiger partial charge in [-0.3, -0.25) is 0 Å². The van der Waals surface area contributed by atoms with E-state index in [-0.39, 0.29) is 11.3 Å². The van der Waals surface area contributed by atoms with E-state index in [4.69, 9.17) is 4.42 Å². The Morgan fingerprint density at radius 1 is 1.14 bits per heavy atom. The number of aromatic nitrogens is 1. The summed E-state index contributed by atoms with van der Waals surface area (Å²) in [5.41, 5.74) is -4.79. The molecule has 0 saturated carbocycles. The van der Waals surface area contributed by atoms with Crippen LogP contribution in [0, 0.1) is 6.92 Å². The summed E-state index contributed by atoms with van der Waals surface area (Å²) in [7, 11) is -5.77. The van der Waals surface area contributed by atoms with Gasteiger partial charge in [-0.25, -0.2) is 4.98 Å². The molecule has 9 heteroatoms. The number of nitrogens with zero attached hydrogens (tertiary/aromatic N) is 1. The number of benzene rings is 1. The number of aryl methyl sites for hydroxylation is 1. The number of rotatable bonds is 2. The largest absolute Gasteiger partial charge is 0.534 e. The van der Waals surface area contributed by atoms with Crippen LogP contribution >= 0.6 is 0 Å². The van der Waals surface area contributed by atoms with Gasteiger partial charge < -0.3 is 8.60 Å². The smallest absolute Gasteiger partial charge is 0.434 e. The Bertz CT molecular complexity index is 976. The maximum atomic E-state index is 12.4. The summed E-state index contributed by atoms with van der Waals surface area (Å²) >= 11 is 0. The van der Waals surface area contributed by atoms with Crippen LogP contribution in [0.25, 0.3) is 22.1 Å². The van der Waals surface area contributed by atoms with Gasteiger partial charge in [0.15, 0.2) is 11.3 Å². The summed E-state index contributed by atoms with van der Waals surface area (Å²) in [6.45, 7) is 1.72. The van der Waals surface area contributed by atoms with Gasteiger partial charge in [-0.2, -0.15) is 21.6 Å². The van der Waals surface area contributed by atoms with Crippen LogP contribution in [-0.4, -0.2) is 18.9 Å². The highest BCUT2D eigenvalue weighted by atomic mass is 32.2. The van der Waals surface area contributed by atoms with E-state index in [2.05, 4.69) is 9.17 Å². The molecule has 0 radical (unpaired) electrons. The van der Waals surface area contributed by atoms with Crippen molar-refractivity contribution in [3.8, 4) is 5.75 Å². The normalized spacial score (nSPS) is 12.9. The zero-order valence-electron chi connectivity index (χ0n) is 11.0. The van der Waals surface area contributed by atoms with Crippen LogP contribution in [0.4, 0.5) is 13.2 Å². The van der Waals surface area contributed by atoms with E-state index in [0.717, 1.165) is 6.07 Å². The van der Waals surface area contributed by atoms with Crippen molar-refractivity contribution >= 4 is 32.2 Å². The number of fused-ring (bicyclic) bond motifs is 3. The highest BCUT2D eigenvalue weighted by molar-refractivity contribution is 7.88. The Morgan fingerprint density at radius 3 is 2.55 bits per heavy atom. The first-order valence-corrected chi connectivity index (χ1v) is 7.39. The van der Waals surface area contributed by atoms with Crippen molar-refractivity contribution in [1.29, 1.82) is 0 Å². The van der Waals surface area contributed by atoms with Gasteiger partial charge in [0, 0.05) is 16.5 Å². The number of para-hydroxylation sites is 1. The predicted molar refractivity (Wildman–Crippen MR) is 71.9 cm³/mol. The van der Waals surface area contributed by atoms with Gasteiger partial charge in [0.25, 0.3) is 0 Å². The molecule has 0 unspecified atom stereocenters. The summed E-state index contributed by atoms with van der Waals surface area (Å²) in [5, 5.41) is 0.966. The molecule has 0 aliphatic heterocycles. The van der Waals surface area contributed by atoms with Crippen molar-refractivity contribution < 1.29 is 30.2 Å². The number of alkyl halides is 3. The highest BCUT2D eigenvalue weighted by Crippen LogP contribution is 2.36. The number of pyridine rings is 1. The molecule has 0 amide bonds. The average molecular weight is 331 g/mol. The number of furan rings is 1. The minimum atomic E-state index is -5.77. The maximum absolute atomic E-state index is 12.4. The highest BCUT2D eigenvalue weighted by Gasteiger charge is 2.48. The molecule has 0 aliphatic carbocycles. The van der Waals surface area contributed by atoms with Crippen molar-refractivity contribution in [3.63, 3.8) is 0 Å². The minimum Gasteiger partial charge on any atom is -0.434 e. The van der Waals surface area contributed by atoms with Crippen LogP contribution in [0.1, 0.15) is 5.69 Å². The van der Waals surface area contributed by atoms with E-state index < -0.39 is 21.4 Å². The fourth-order valence-corrected chi connectivity index (χ4v) is 2.44. The molecule has 5 nitrogen and oxygen atoms in total. The van der Waals surface area contributed by atoms with E-state index in [1.54, 1.807) is 25.1 Å². The number of hydrogen-bond donors (Lipinski definition) is 0. The third-order valence-electron chi connectivity index (χ3n) is 2.95. The zero-order valence-corrected chi connectivity index (χ0v) is 11.8. The molecule has 2 heterocycles. The van der Waals surface area contributed by atoms with Gasteiger partial charge in [0.2, 0.25) is 5.71 Å². The molecule has 1 aromatic carbocycles. The van der Waals surface area contributed by atoms with Crippen molar-refractivity contribution in [1.82, 2.24) is 4.98 Å². The molecule has 0 saturated heterocycles. The Kier molecular flexibility index (Phi) is 3.06. The molecule has 0 fully saturated rings. The van der Waals surface area contributed by atoms with Gasteiger partial charge in [-0.1, -0.05) is 12.1 Å². The van der Waals surface area contributed by atoms with Crippen molar-refractivity contribution in [2.75, 3.05) is 0 Å². The van der Waals surface area contributed by atoms with Crippen LogP contribution in [0.15, 0.2) is 34.7 Å². The molecule has 0 bridgehead atoms. The van der Waals surface area contributed by atoms with Crippen LogP contribution in [0.2, 0.25) is 0 Å². The Labute approximate surface area is 122 Å². The Balaban J connectivity index is 2.22. The summed E-state index contributed by atoms with van der Waals surface area (Å²) in [6.07, 6.45) is 0. The second kappa shape index (κ2) is 4.60. The van der Waals surface area contributed by atoms with E-state index in [0.29, 0.717) is 16.5 Å². The zero-order chi connectivity index (χ0) is 16.1. The first-order valence-electron chi connectivity index (χ1n) is 5.99. The Morgan fingerprint density at radius 2 is 1.86 bits per heavy atom. The molecular weight excluding hydrogens is 323 g/mol. The lowest BCUT2D eigenvalue weighted by molar-refractivity contribution is -0.0499. The summed E-state index contributed by atoms with van der Waals surface area (Å²) in [4.78, 5) is 4.11. The van der Waals surface area contributed by atoms with Gasteiger partial charge in [0.1, 0.15) is 0 Å². The summed E-state index contributed by atoms with van der Waals surface area (Å²) in [6, 6.07) is 7.42. The lowest BCUT2D eigenvalue weighted by Gasteiger charge is -2.09. The molecule has 116 valence electrons. The third-order valence-corrected chi connectivity index (χ3v) is 3.92. The number of hydrogen-bond acceptors (Lipinski definition) is 5. The van der Waals surface area contributed by atoms with Crippen LogP contribution in [0.3, 0.4) is 0 Å². The van der Waals surface area contributed by atoms with Gasteiger partial charge in [0.05, 0.1) is 0 Å². The SMILES string of the molecule is Cc1ccc2c(n1)oc1c(OS(=O)(=O)C(F)(F)F)cccc12. The first-order chi connectivity index (χ1) is 10.2. The summed E-state index contributed by atoms with van der Waals surface area (Å²) in [5.74, 6) is -0.537. The van der Waals surface area contributed by atoms with Crippen LogP contribution in [-0.2, 0) is 10.1 Å². The van der Waals surface area contributed by atoms with Crippen molar-refractivity contribution in [2.45, 2.75) is 12.4 Å². The minimum absolute atomic E-state index is 0.108. The number of halogens is 3. The van der Waals surface area contributed by atoms with Crippen LogP contribution in [0.5, 0.6) is 5.75 Å². The fourth-order valence-electron chi connectivity index (χ4n) is 1.98. The standard InChI is InChI=1S/C13H8F3NO4S/c1-7-5-6-9-8-3-2-4-10(11(8)20-12(9)17-7)21-22(18,19)13(14,15)16/h2-6H,1H3. The summed E-state index contributed by atoms with van der Waals surface area (Å²) < 4.78 is 69.0. The molecule has 0 atom stereocenters. The van der Waals surface area contributed by atoms with Gasteiger partial charge in [-0.15, -0.1) is 0 Å². The van der Waals surface area contributed by atoms with Crippen LogP contribution < -0.4 is 4.18 Å². The second-order valence-electron chi connectivity index (χ2n) is 4.52. The van der Waals surface area contributed by atoms with Gasteiger partial charge in [-0.05, 0) is 25.1 Å². The van der Waals surface area contributed by atoms with E-state index in [1.165, 1.54) is 6.07 Å². The molecular formula is C13H8F3NO4S. The fraction of sp³-hybridized carbons (Fsp3) is 0.154. The molecule has 22 heavy (non-hydrogen) atoms. The third kappa shape index (κ3) is 2.27. The molecule has 3 aromatic rings. The van der Waals surface area contributed by atoms with Crippen molar-refractivity contribution in [2.24, 2.45) is 0 Å². The van der Waals surface area contributed by atoms with Crippen molar-refractivity contribution in [3.05, 3.63) is 36.0 Å². The molecule has 0 N–H and O–H groups in total. The van der Waals surface area contributed by atoms with E-state index in [1.807, 2.05) is 0 Å². The predicted octanol–water partition coefficient (Wildman–Crippen LogP) is 3.52. The van der Waals surface area contributed by atoms with Gasteiger partial charge >= 0.3 is 15.6 Å². The second-order valence-corrected chi connectivity index (χ2v) is 6.06. The average Bonchev–Trinajstić information content (AvgIpc) is 2.75. The lowest BCUT2D eigenvalue weighted by atomic mass is 10.2. The van der Waals surface area contributed by atoms with E-state index >= 15 is 0 Å². The maximum Gasteiger partial charge on any atom is 0.534 e. The molecule has 0 aliphatic rings. The molecule has 0 spiro atoms. The first kappa shape index (κ1) is 14.6. The molecule has 3 rings (SSSR count). The van der Waals surface area contributed by atoms with E-state index in [9.17, 15) is 21.6 Å². The monoisotopic (exact) mass is 331 g/mol. The Hall–Kier alpha value is -2.29. The molecule has 2 aromatic heterocycles. The topological polar surface area (TPSA) is 69.4 Å². The quantitative estimate of drug-likeness (QED) is 0.531. The lowest BCUT2D eigenvalue weighted by Crippen LogP contribution is -2.28.